The van der Waals surface area contributed by atoms with Crippen LogP contribution in [-0.2, 0) is 7.05 Å². The molecular formula is C8H14Cl2INO8. The highest BCUT2D eigenvalue weighted by Crippen LogP contribution is 1.96. The van der Waals surface area contributed by atoms with Crippen LogP contribution in [0.3, 0.4) is 0 Å². The van der Waals surface area contributed by atoms with Gasteiger partial charge < -0.3 is 0 Å². The van der Waals surface area contributed by atoms with Gasteiger partial charge in [0.2, 0.25) is 0 Å². The number of rotatable bonds is 0. The van der Waals surface area contributed by atoms with E-state index in [0.29, 0.717) is 0 Å². The maximum Gasteiger partial charge on any atom is 0.180 e. The predicted octanol–water partition coefficient (Wildman–Crippen LogP) is -7.13. The summed E-state index contributed by atoms with van der Waals surface area (Å²) in [5, 5.41) is 0. The van der Waals surface area contributed by atoms with Crippen LogP contribution in [0.2, 0.25) is 0 Å². The monoisotopic (exact) mass is 449 g/mol. The van der Waals surface area contributed by atoms with Crippen LogP contribution >= 0.6 is 24.0 Å². The molecule has 20 heavy (non-hydrogen) atoms. The molecule has 0 saturated heterocycles. The highest BCUT2D eigenvalue weighted by molar-refractivity contribution is 14.0. The Morgan fingerprint density at radius 1 is 1.00 bits per heavy atom. The first-order valence-electron chi connectivity index (χ1n) is 4.38. The van der Waals surface area contributed by atoms with Gasteiger partial charge in [0.15, 0.2) is 11.9 Å². The molecule has 0 fully saturated rings. The van der Waals surface area contributed by atoms with Crippen molar-refractivity contribution in [3.8, 4) is 0 Å². The van der Waals surface area contributed by atoms with Gasteiger partial charge in [0.1, 0.15) is 7.05 Å². The van der Waals surface area contributed by atoms with Crippen LogP contribution in [0.15, 0.2) is 18.3 Å². The van der Waals surface area contributed by atoms with Gasteiger partial charge >= 0.3 is 0 Å². The standard InChI is InChI=1S/C8H12N.2ClHO4.HI/c1-7-5-4-6-9(3)8(7)2;2*2-1(3,4)5;/h4-6H,1-3H3;2*(H,2,3,4,5);1H/q+1;;;/p-1. The largest absolute Gasteiger partial charge is 0.222 e. The van der Waals surface area contributed by atoms with Crippen LogP contribution in [0.5, 0.6) is 0 Å². The van der Waals surface area contributed by atoms with Gasteiger partial charge in [-0.05, 0) is 13.0 Å². The van der Waals surface area contributed by atoms with Gasteiger partial charge in [0.25, 0.3) is 0 Å². The third-order valence-corrected chi connectivity index (χ3v) is 1.76. The number of aromatic nitrogens is 1. The van der Waals surface area contributed by atoms with E-state index < -0.39 is 20.5 Å². The van der Waals surface area contributed by atoms with E-state index in [1.165, 1.54) is 11.3 Å². The Balaban J connectivity index is -0.000000230. The molecule has 12 heteroatoms. The van der Waals surface area contributed by atoms with Gasteiger partial charge in [-0.2, -0.15) is 14.0 Å². The van der Waals surface area contributed by atoms with E-state index >= 15 is 0 Å². The van der Waals surface area contributed by atoms with Crippen LogP contribution in [0.1, 0.15) is 11.3 Å². The number of pyridine rings is 1. The molecule has 0 bridgehead atoms. The van der Waals surface area contributed by atoms with Gasteiger partial charge in [0, 0.05) is 18.6 Å². The molecule has 0 radical (unpaired) electrons. The van der Waals surface area contributed by atoms with Gasteiger partial charge in [-0.1, -0.05) is 0 Å². The van der Waals surface area contributed by atoms with Crippen molar-refractivity contribution in [2.45, 2.75) is 13.8 Å². The molecule has 0 aliphatic carbocycles. The Bertz CT molecular complexity index is 337. The zero-order chi connectivity index (χ0) is 15.9. The fraction of sp³-hybridized carbons (Fsp3) is 0.375. The molecule has 1 N–H and O–H groups in total. The molecule has 120 valence electrons. The molecule has 1 heterocycles. The van der Waals surface area contributed by atoms with Crippen molar-refractivity contribution in [3.05, 3.63) is 29.6 Å². The topological polar surface area (TPSA) is 186 Å². The molecule has 0 aliphatic rings. The lowest BCUT2D eigenvalue weighted by Gasteiger charge is -2.17. The minimum atomic E-state index is -4.94. The molecule has 0 saturated carbocycles. The first kappa shape index (κ1) is 25.1. The summed E-state index contributed by atoms with van der Waals surface area (Å²) in [5.41, 5.74) is 2.68. The summed E-state index contributed by atoms with van der Waals surface area (Å²) in [6, 6.07) is 4.18. The first-order chi connectivity index (χ1) is 8.22. The minimum absolute atomic E-state index is 0. The number of aryl methyl sites for hydroxylation is 2. The molecule has 1 rings (SSSR count). The second-order valence-electron chi connectivity index (χ2n) is 3.16. The summed E-state index contributed by atoms with van der Waals surface area (Å²) in [6.45, 7) is 4.24. The highest BCUT2D eigenvalue weighted by atomic mass is 127. The summed E-state index contributed by atoms with van der Waals surface area (Å²) in [5.74, 6) is 0. The Morgan fingerprint density at radius 3 is 1.50 bits per heavy atom. The highest BCUT2D eigenvalue weighted by Gasteiger charge is 2.00. The normalized spacial score (nSPS) is 10.3. The maximum atomic E-state index is 8.60. The van der Waals surface area contributed by atoms with E-state index in [1.54, 1.807) is 0 Å². The van der Waals surface area contributed by atoms with E-state index in [0.717, 1.165) is 0 Å². The Hall–Kier alpha value is 0.140. The van der Waals surface area contributed by atoms with E-state index in [2.05, 4.69) is 43.8 Å². The maximum absolute atomic E-state index is 8.60. The third-order valence-electron chi connectivity index (χ3n) is 1.76. The molecule has 0 unspecified atom stereocenters. The molecule has 1 aromatic heterocycles. The number of nitrogens with zero attached hydrogens (tertiary/aromatic N) is 1. The molecule has 1 aromatic rings. The van der Waals surface area contributed by atoms with Crippen LogP contribution in [0.4, 0.5) is 0 Å². The smallest absolute Gasteiger partial charge is 0.180 e. The quantitative estimate of drug-likeness (QED) is 0.298. The average Bonchev–Trinajstić information content (AvgIpc) is 2.08. The zero-order valence-electron chi connectivity index (χ0n) is 10.6. The minimum Gasteiger partial charge on any atom is -0.222 e. The van der Waals surface area contributed by atoms with Crippen molar-refractivity contribution in [3.63, 3.8) is 0 Å². The molecule has 0 spiro atoms. The molecule has 0 aliphatic heterocycles. The SMILES string of the molecule is Cc1ccc[n+](C)c1C.I.[O-][Cl+3]([O-])([O-])O.[O-][Cl+3]([O-])([O-])[O-]. The third kappa shape index (κ3) is 26.7. The number of hydrogen-bond acceptors (Lipinski definition) is 8. The van der Waals surface area contributed by atoms with Crippen molar-refractivity contribution in [2.24, 2.45) is 7.05 Å². The van der Waals surface area contributed by atoms with E-state index in [9.17, 15) is 0 Å². The van der Waals surface area contributed by atoms with E-state index in [-0.39, 0.29) is 24.0 Å². The molecule has 0 aromatic carbocycles. The molecule has 9 nitrogen and oxygen atoms in total. The fourth-order valence-electron chi connectivity index (χ4n) is 0.827. The summed E-state index contributed by atoms with van der Waals surface area (Å²) < 4.78 is 68.8. The van der Waals surface area contributed by atoms with Gasteiger partial charge in [-0.25, -0.2) is 23.2 Å². The Morgan fingerprint density at radius 2 is 1.30 bits per heavy atom. The Labute approximate surface area is 136 Å². The van der Waals surface area contributed by atoms with Gasteiger partial charge in [-0.3, -0.25) is 0 Å². The number of halogens is 3. The summed E-state index contributed by atoms with van der Waals surface area (Å²) in [6.07, 6.45) is 2.06. The summed E-state index contributed by atoms with van der Waals surface area (Å²) in [7, 11) is -7.58. The van der Waals surface area contributed by atoms with E-state index in [4.69, 9.17) is 37.3 Å². The van der Waals surface area contributed by atoms with Crippen LogP contribution < -0.4 is 37.2 Å². The van der Waals surface area contributed by atoms with Gasteiger partial charge in [0.05, 0.1) is 14.9 Å². The van der Waals surface area contributed by atoms with Crippen molar-refractivity contribution < 1.29 is 62.3 Å². The lowest BCUT2D eigenvalue weighted by molar-refractivity contribution is -2.00. The van der Waals surface area contributed by atoms with Crippen molar-refractivity contribution in [1.82, 2.24) is 0 Å². The van der Waals surface area contributed by atoms with Crippen molar-refractivity contribution >= 4 is 24.0 Å². The summed E-state index contributed by atoms with van der Waals surface area (Å²) in [4.78, 5) is 0. The second kappa shape index (κ2) is 10.8. The predicted molar refractivity (Wildman–Crippen MR) is 54.7 cm³/mol. The fourth-order valence-corrected chi connectivity index (χ4v) is 0.827. The molecule has 0 atom stereocenters. The van der Waals surface area contributed by atoms with Crippen LogP contribution in [0.25, 0.3) is 0 Å². The zero-order valence-corrected chi connectivity index (χ0v) is 14.5. The lowest BCUT2D eigenvalue weighted by atomic mass is 10.2. The Kier molecular flexibility index (Phi) is 13.6. The first-order valence-corrected chi connectivity index (χ1v) is 6.88. The van der Waals surface area contributed by atoms with E-state index in [1.807, 2.05) is 0 Å². The summed E-state index contributed by atoms with van der Waals surface area (Å²) >= 11 is 0. The lowest BCUT2D eigenvalue weighted by Crippen LogP contribution is -2.68. The average molecular weight is 450 g/mol. The van der Waals surface area contributed by atoms with Crippen LogP contribution in [0, 0.1) is 34.3 Å². The molecular weight excluding hydrogens is 436 g/mol. The molecule has 0 amide bonds. The second-order valence-corrected chi connectivity index (χ2v) is 4.71. The van der Waals surface area contributed by atoms with Crippen LogP contribution in [-0.4, -0.2) is 4.66 Å². The van der Waals surface area contributed by atoms with Gasteiger partial charge in [-0.15, -0.1) is 34.2 Å². The van der Waals surface area contributed by atoms with Crippen molar-refractivity contribution in [1.29, 1.82) is 0 Å². The van der Waals surface area contributed by atoms with Crippen molar-refractivity contribution in [2.75, 3.05) is 0 Å². The number of hydrogen-bond donors (Lipinski definition) is 1.